The third kappa shape index (κ3) is 2.97. The van der Waals surface area contributed by atoms with Gasteiger partial charge in [-0.2, -0.15) is 0 Å². The number of carbonyl (C=O) groups is 1. The molecule has 1 amide bonds. The van der Waals surface area contributed by atoms with E-state index in [4.69, 9.17) is 5.73 Å². The van der Waals surface area contributed by atoms with Gasteiger partial charge in [-0.05, 0) is 44.7 Å². The number of nitrogens with two attached hydrogens (primary N) is 1. The van der Waals surface area contributed by atoms with E-state index in [0.29, 0.717) is 0 Å². The van der Waals surface area contributed by atoms with Gasteiger partial charge in [-0.3, -0.25) is 4.79 Å². The Morgan fingerprint density at radius 2 is 1.88 bits per heavy atom. The molecule has 2 saturated heterocycles. The van der Waals surface area contributed by atoms with Gasteiger partial charge >= 0.3 is 0 Å². The van der Waals surface area contributed by atoms with Crippen LogP contribution in [-0.2, 0) is 4.79 Å². The first-order chi connectivity index (χ1) is 8.20. The molecule has 2 aliphatic heterocycles. The van der Waals surface area contributed by atoms with Crippen molar-refractivity contribution in [1.82, 2.24) is 10.2 Å². The minimum absolute atomic E-state index is 0.0754. The summed E-state index contributed by atoms with van der Waals surface area (Å²) in [4.78, 5) is 13.8. The molecule has 0 bridgehead atoms. The highest BCUT2D eigenvalue weighted by molar-refractivity contribution is 5.82. The molecule has 0 aliphatic carbocycles. The summed E-state index contributed by atoms with van der Waals surface area (Å²) < 4.78 is 0. The number of amides is 1. The standard InChI is InChI=1S/C12H23N3O2/c13-10(12(17)15-7-1-2-8-15)11(16)9-3-5-14-6-4-9/h9-11,14,16H,1-8,13H2. The monoisotopic (exact) mass is 241 g/mol. The normalized spacial score (nSPS) is 25.9. The molecule has 98 valence electrons. The van der Waals surface area contributed by atoms with Gasteiger partial charge in [0.1, 0.15) is 6.04 Å². The number of hydrogen-bond acceptors (Lipinski definition) is 4. The van der Waals surface area contributed by atoms with Crippen LogP contribution in [0.15, 0.2) is 0 Å². The average Bonchev–Trinajstić information content (AvgIpc) is 2.91. The Bertz CT molecular complexity index is 260. The zero-order valence-corrected chi connectivity index (χ0v) is 10.3. The molecule has 2 aliphatic rings. The third-order valence-corrected chi connectivity index (χ3v) is 3.94. The highest BCUT2D eigenvalue weighted by atomic mass is 16.3. The number of likely N-dealkylation sites (tertiary alicyclic amines) is 1. The van der Waals surface area contributed by atoms with E-state index >= 15 is 0 Å². The Balaban J connectivity index is 1.88. The van der Waals surface area contributed by atoms with Crippen LogP contribution in [0, 0.1) is 5.92 Å². The third-order valence-electron chi connectivity index (χ3n) is 3.94. The van der Waals surface area contributed by atoms with E-state index in [1.54, 1.807) is 4.90 Å². The van der Waals surface area contributed by atoms with Gasteiger partial charge in [-0.15, -0.1) is 0 Å². The van der Waals surface area contributed by atoms with E-state index < -0.39 is 12.1 Å². The van der Waals surface area contributed by atoms with Gasteiger partial charge in [0.05, 0.1) is 6.10 Å². The van der Waals surface area contributed by atoms with Crippen LogP contribution in [0.2, 0.25) is 0 Å². The van der Waals surface area contributed by atoms with E-state index in [0.717, 1.165) is 51.9 Å². The lowest BCUT2D eigenvalue weighted by atomic mass is 9.88. The van der Waals surface area contributed by atoms with Crippen LogP contribution in [-0.4, -0.2) is 54.2 Å². The van der Waals surface area contributed by atoms with Crippen LogP contribution in [0.3, 0.4) is 0 Å². The number of aliphatic hydroxyl groups is 1. The summed E-state index contributed by atoms with van der Waals surface area (Å²) in [5.74, 6) is 0.0892. The van der Waals surface area contributed by atoms with Crippen LogP contribution < -0.4 is 11.1 Å². The fraction of sp³-hybridized carbons (Fsp3) is 0.917. The van der Waals surface area contributed by atoms with Crippen LogP contribution in [0.5, 0.6) is 0 Å². The van der Waals surface area contributed by atoms with Gasteiger partial charge < -0.3 is 21.1 Å². The van der Waals surface area contributed by atoms with Gasteiger partial charge in [0.2, 0.25) is 5.91 Å². The Labute approximate surface area is 102 Å². The summed E-state index contributed by atoms with van der Waals surface area (Å²) in [6, 6.07) is -0.740. The van der Waals surface area contributed by atoms with E-state index in [-0.39, 0.29) is 11.8 Å². The van der Waals surface area contributed by atoms with Gasteiger partial charge in [0.25, 0.3) is 0 Å². The summed E-state index contributed by atoms with van der Waals surface area (Å²) in [5, 5.41) is 13.4. The second-order valence-corrected chi connectivity index (χ2v) is 5.14. The molecule has 2 unspecified atom stereocenters. The molecular formula is C12H23N3O2. The molecule has 2 fully saturated rings. The van der Waals surface area contributed by atoms with Crippen molar-refractivity contribution in [2.75, 3.05) is 26.2 Å². The minimum atomic E-state index is -0.740. The van der Waals surface area contributed by atoms with Gasteiger partial charge in [-0.1, -0.05) is 0 Å². The molecule has 2 atom stereocenters. The largest absolute Gasteiger partial charge is 0.391 e. The molecule has 0 aromatic heterocycles. The van der Waals surface area contributed by atoms with Crippen LogP contribution in [0.4, 0.5) is 0 Å². The predicted octanol–water partition coefficient (Wildman–Crippen LogP) is -0.703. The zero-order chi connectivity index (χ0) is 12.3. The highest BCUT2D eigenvalue weighted by Gasteiger charge is 2.33. The minimum Gasteiger partial charge on any atom is -0.391 e. The fourth-order valence-corrected chi connectivity index (χ4v) is 2.77. The van der Waals surface area contributed by atoms with E-state index in [1.807, 2.05) is 0 Å². The lowest BCUT2D eigenvalue weighted by molar-refractivity contribution is -0.135. The first-order valence-corrected chi connectivity index (χ1v) is 6.63. The maximum absolute atomic E-state index is 12.1. The molecule has 2 heterocycles. The van der Waals surface area contributed by atoms with Crippen LogP contribution in [0.25, 0.3) is 0 Å². The molecule has 0 aromatic carbocycles. The second-order valence-electron chi connectivity index (χ2n) is 5.14. The average molecular weight is 241 g/mol. The summed E-state index contributed by atoms with van der Waals surface area (Å²) in [6.45, 7) is 3.41. The maximum atomic E-state index is 12.1. The molecule has 5 nitrogen and oxygen atoms in total. The number of nitrogens with one attached hydrogen (secondary N) is 1. The number of rotatable bonds is 3. The van der Waals surface area contributed by atoms with Crippen molar-refractivity contribution in [1.29, 1.82) is 0 Å². The summed E-state index contributed by atoms with van der Waals surface area (Å²) in [7, 11) is 0. The lowest BCUT2D eigenvalue weighted by Gasteiger charge is -2.31. The van der Waals surface area contributed by atoms with Crippen molar-refractivity contribution in [2.45, 2.75) is 37.8 Å². The Morgan fingerprint density at radius 3 is 2.47 bits per heavy atom. The molecule has 0 spiro atoms. The Kier molecular flexibility index (Phi) is 4.36. The van der Waals surface area contributed by atoms with Gasteiger partial charge in [-0.25, -0.2) is 0 Å². The summed E-state index contributed by atoms with van der Waals surface area (Å²) in [5.41, 5.74) is 5.91. The number of aliphatic hydroxyl groups excluding tert-OH is 1. The lowest BCUT2D eigenvalue weighted by Crippen LogP contribution is -2.53. The number of hydrogen-bond donors (Lipinski definition) is 3. The fourth-order valence-electron chi connectivity index (χ4n) is 2.77. The molecule has 0 saturated carbocycles. The molecule has 2 rings (SSSR count). The highest BCUT2D eigenvalue weighted by Crippen LogP contribution is 2.20. The maximum Gasteiger partial charge on any atom is 0.242 e. The molecule has 4 N–H and O–H groups in total. The number of nitrogens with zero attached hydrogens (tertiary/aromatic N) is 1. The van der Waals surface area contributed by atoms with Crippen LogP contribution in [0.1, 0.15) is 25.7 Å². The number of piperidine rings is 1. The van der Waals surface area contributed by atoms with Crippen LogP contribution >= 0.6 is 0 Å². The zero-order valence-electron chi connectivity index (χ0n) is 10.3. The molecule has 5 heteroatoms. The van der Waals surface area contributed by atoms with Crippen molar-refractivity contribution in [2.24, 2.45) is 11.7 Å². The first-order valence-electron chi connectivity index (χ1n) is 6.63. The van der Waals surface area contributed by atoms with E-state index in [2.05, 4.69) is 5.32 Å². The van der Waals surface area contributed by atoms with Gasteiger partial charge in [0, 0.05) is 13.1 Å². The molecule has 0 aromatic rings. The van der Waals surface area contributed by atoms with Crippen molar-refractivity contribution in [3.63, 3.8) is 0 Å². The SMILES string of the molecule is NC(C(=O)N1CCCC1)C(O)C1CCNCC1. The first kappa shape index (κ1) is 12.8. The van der Waals surface area contributed by atoms with Crippen molar-refractivity contribution < 1.29 is 9.90 Å². The smallest absolute Gasteiger partial charge is 0.242 e. The summed E-state index contributed by atoms with van der Waals surface area (Å²) in [6.07, 6.45) is 3.24. The Morgan fingerprint density at radius 1 is 1.29 bits per heavy atom. The molecule has 17 heavy (non-hydrogen) atoms. The predicted molar refractivity (Wildman–Crippen MR) is 65.4 cm³/mol. The van der Waals surface area contributed by atoms with Crippen molar-refractivity contribution in [3.8, 4) is 0 Å². The summed E-state index contributed by atoms with van der Waals surface area (Å²) >= 11 is 0. The van der Waals surface area contributed by atoms with E-state index in [9.17, 15) is 9.90 Å². The number of carbonyl (C=O) groups excluding carboxylic acids is 1. The molecule has 0 radical (unpaired) electrons. The van der Waals surface area contributed by atoms with Gasteiger partial charge in [0.15, 0.2) is 0 Å². The van der Waals surface area contributed by atoms with Crippen molar-refractivity contribution in [3.05, 3.63) is 0 Å². The quantitative estimate of drug-likeness (QED) is 0.610. The van der Waals surface area contributed by atoms with Crippen molar-refractivity contribution >= 4 is 5.91 Å². The topological polar surface area (TPSA) is 78.6 Å². The van der Waals surface area contributed by atoms with E-state index in [1.165, 1.54) is 0 Å². The Hall–Kier alpha value is -0.650. The molecular weight excluding hydrogens is 218 g/mol. The second kappa shape index (κ2) is 5.80.